The lowest BCUT2D eigenvalue weighted by molar-refractivity contribution is 0.0155. The van der Waals surface area contributed by atoms with E-state index in [4.69, 9.17) is 15.4 Å². The first-order valence-corrected chi connectivity index (χ1v) is 9.29. The highest BCUT2D eigenvalue weighted by molar-refractivity contribution is 8.15. The Morgan fingerprint density at radius 1 is 1.47 bits per heavy atom. The quantitative estimate of drug-likeness (QED) is 0.632. The van der Waals surface area contributed by atoms with E-state index in [1.165, 1.54) is 17.9 Å². The molecule has 0 radical (unpaired) electrons. The van der Waals surface area contributed by atoms with E-state index in [1.807, 2.05) is 0 Å². The molecule has 1 aliphatic carbocycles. The average molecular weight is 323 g/mol. The highest BCUT2D eigenvalue weighted by atomic mass is 35.7. The standard InChI is InChI=1S/C12H15ClO4S2/c1-8-3-2-4-10(5-8)17-12(14)9-6-11(18-7-9)19(13,15)16/h6-8,10H,2-5H2,1H3. The lowest BCUT2D eigenvalue weighted by Crippen LogP contribution is -2.24. The second-order valence-corrected chi connectivity index (χ2v) is 8.60. The maximum Gasteiger partial charge on any atom is 0.339 e. The molecule has 1 aliphatic rings. The van der Waals surface area contributed by atoms with Gasteiger partial charge in [0, 0.05) is 16.1 Å². The number of esters is 1. The Morgan fingerprint density at radius 2 is 2.21 bits per heavy atom. The summed E-state index contributed by atoms with van der Waals surface area (Å²) in [5.74, 6) is 0.0923. The van der Waals surface area contributed by atoms with Gasteiger partial charge < -0.3 is 4.74 Å². The first-order valence-electron chi connectivity index (χ1n) is 6.10. The molecule has 0 aliphatic heterocycles. The Bertz CT molecular complexity index is 564. The second kappa shape index (κ2) is 5.81. The molecule has 0 spiro atoms. The SMILES string of the molecule is CC1CCCC(OC(=O)c2csc(S(=O)(=O)Cl)c2)C1. The molecule has 0 N–H and O–H groups in total. The Hall–Kier alpha value is -0.590. The summed E-state index contributed by atoms with van der Waals surface area (Å²) in [5.41, 5.74) is 0.252. The van der Waals surface area contributed by atoms with Crippen LogP contribution in [0.25, 0.3) is 0 Å². The molecule has 106 valence electrons. The van der Waals surface area contributed by atoms with E-state index in [-0.39, 0.29) is 15.9 Å². The number of rotatable bonds is 3. The molecule has 0 bridgehead atoms. The number of carbonyl (C=O) groups excluding carboxylic acids is 1. The molecule has 1 heterocycles. The fourth-order valence-electron chi connectivity index (χ4n) is 2.26. The third-order valence-corrected chi connectivity index (χ3v) is 6.25. The third-order valence-electron chi connectivity index (χ3n) is 3.21. The summed E-state index contributed by atoms with van der Waals surface area (Å²) in [7, 11) is 1.44. The predicted octanol–water partition coefficient (Wildman–Crippen LogP) is 3.41. The van der Waals surface area contributed by atoms with Crippen molar-refractivity contribution in [1.82, 2.24) is 0 Å². The highest BCUT2D eigenvalue weighted by Gasteiger charge is 2.24. The summed E-state index contributed by atoms with van der Waals surface area (Å²) in [6.07, 6.45) is 3.91. The van der Waals surface area contributed by atoms with Crippen molar-refractivity contribution in [1.29, 1.82) is 0 Å². The van der Waals surface area contributed by atoms with Crippen LogP contribution in [0.5, 0.6) is 0 Å². The summed E-state index contributed by atoms with van der Waals surface area (Å²) in [6.45, 7) is 2.14. The van der Waals surface area contributed by atoms with Gasteiger partial charge in [0.2, 0.25) is 0 Å². The van der Waals surface area contributed by atoms with Gasteiger partial charge in [-0.05, 0) is 31.2 Å². The molecule has 2 atom stereocenters. The molecular formula is C12H15ClO4S2. The number of hydrogen-bond acceptors (Lipinski definition) is 5. The Labute approximate surface area is 121 Å². The number of hydrogen-bond donors (Lipinski definition) is 0. The maximum atomic E-state index is 11.9. The third kappa shape index (κ3) is 3.94. The molecule has 1 aromatic heterocycles. The van der Waals surface area contributed by atoms with Gasteiger partial charge in [-0.1, -0.05) is 13.3 Å². The van der Waals surface area contributed by atoms with Gasteiger partial charge in [0.15, 0.2) is 0 Å². The van der Waals surface area contributed by atoms with Crippen LogP contribution in [0.3, 0.4) is 0 Å². The molecular weight excluding hydrogens is 308 g/mol. The van der Waals surface area contributed by atoms with Crippen molar-refractivity contribution in [2.45, 2.75) is 42.9 Å². The summed E-state index contributed by atoms with van der Waals surface area (Å²) < 4.78 is 27.6. The van der Waals surface area contributed by atoms with Crippen molar-refractivity contribution < 1.29 is 17.9 Å². The van der Waals surface area contributed by atoms with Crippen LogP contribution in [-0.4, -0.2) is 20.5 Å². The fourth-order valence-corrected chi connectivity index (χ4v) is 4.19. The maximum absolute atomic E-state index is 11.9. The lowest BCUT2D eigenvalue weighted by atomic mass is 9.89. The molecule has 1 aromatic rings. The van der Waals surface area contributed by atoms with Crippen molar-refractivity contribution in [3.05, 3.63) is 17.0 Å². The van der Waals surface area contributed by atoms with Gasteiger partial charge in [0.05, 0.1) is 5.56 Å². The predicted molar refractivity (Wildman–Crippen MR) is 74.2 cm³/mol. The van der Waals surface area contributed by atoms with Gasteiger partial charge in [-0.25, -0.2) is 13.2 Å². The Balaban J connectivity index is 2.02. The summed E-state index contributed by atoms with van der Waals surface area (Å²) >= 11 is 0.927. The smallest absolute Gasteiger partial charge is 0.339 e. The van der Waals surface area contributed by atoms with Crippen molar-refractivity contribution >= 4 is 37.0 Å². The molecule has 0 amide bonds. The molecule has 1 fully saturated rings. The topological polar surface area (TPSA) is 60.4 Å². The van der Waals surface area contributed by atoms with E-state index < -0.39 is 15.0 Å². The molecule has 1 saturated carbocycles. The number of thiophene rings is 1. The van der Waals surface area contributed by atoms with Crippen LogP contribution in [0, 0.1) is 5.92 Å². The largest absolute Gasteiger partial charge is 0.459 e. The van der Waals surface area contributed by atoms with E-state index in [1.54, 1.807) is 0 Å². The van der Waals surface area contributed by atoms with Gasteiger partial charge in [0.25, 0.3) is 9.05 Å². The molecule has 7 heteroatoms. The van der Waals surface area contributed by atoms with Gasteiger partial charge in [-0.15, -0.1) is 11.3 Å². The first-order chi connectivity index (χ1) is 8.86. The molecule has 0 saturated heterocycles. The van der Waals surface area contributed by atoms with Crippen LogP contribution in [0.15, 0.2) is 15.7 Å². The Morgan fingerprint density at radius 3 is 2.79 bits per heavy atom. The normalized spacial score (nSPS) is 24.1. The van der Waals surface area contributed by atoms with E-state index in [2.05, 4.69) is 6.92 Å². The molecule has 4 nitrogen and oxygen atoms in total. The minimum absolute atomic E-state index is 0.0295. The molecule has 2 unspecified atom stereocenters. The zero-order valence-electron chi connectivity index (χ0n) is 10.5. The van der Waals surface area contributed by atoms with Crippen LogP contribution >= 0.6 is 22.0 Å². The van der Waals surface area contributed by atoms with Crippen LogP contribution in [0.4, 0.5) is 0 Å². The lowest BCUT2D eigenvalue weighted by Gasteiger charge is -2.26. The average Bonchev–Trinajstić information content (AvgIpc) is 2.77. The molecule has 0 aromatic carbocycles. The van der Waals surface area contributed by atoms with Gasteiger partial charge >= 0.3 is 5.97 Å². The fraction of sp³-hybridized carbons (Fsp3) is 0.583. The zero-order chi connectivity index (χ0) is 14.0. The number of carbonyl (C=O) groups is 1. The number of ether oxygens (including phenoxy) is 1. The minimum atomic E-state index is -3.77. The summed E-state index contributed by atoms with van der Waals surface area (Å²) in [4.78, 5) is 11.9. The van der Waals surface area contributed by atoms with Crippen molar-refractivity contribution in [2.24, 2.45) is 5.92 Å². The van der Waals surface area contributed by atoms with Crippen LogP contribution in [0.1, 0.15) is 43.0 Å². The van der Waals surface area contributed by atoms with E-state index in [0.717, 1.165) is 30.6 Å². The minimum Gasteiger partial charge on any atom is -0.459 e. The van der Waals surface area contributed by atoms with Crippen LogP contribution in [0.2, 0.25) is 0 Å². The first kappa shape index (κ1) is 14.8. The second-order valence-electron chi connectivity index (χ2n) is 4.89. The Kier molecular flexibility index (Phi) is 4.53. The number of halogens is 1. The van der Waals surface area contributed by atoms with E-state index >= 15 is 0 Å². The van der Waals surface area contributed by atoms with E-state index in [9.17, 15) is 13.2 Å². The van der Waals surface area contributed by atoms with Gasteiger partial charge in [0.1, 0.15) is 10.3 Å². The van der Waals surface area contributed by atoms with Gasteiger partial charge in [-0.2, -0.15) is 0 Å². The highest BCUT2D eigenvalue weighted by Crippen LogP contribution is 2.28. The molecule has 2 rings (SSSR count). The van der Waals surface area contributed by atoms with Crippen molar-refractivity contribution in [2.75, 3.05) is 0 Å². The summed E-state index contributed by atoms with van der Waals surface area (Å²) in [5, 5.41) is 1.46. The van der Waals surface area contributed by atoms with E-state index in [0.29, 0.717) is 5.92 Å². The monoisotopic (exact) mass is 322 g/mol. The van der Waals surface area contributed by atoms with Crippen LogP contribution < -0.4 is 0 Å². The van der Waals surface area contributed by atoms with Crippen LogP contribution in [-0.2, 0) is 13.8 Å². The van der Waals surface area contributed by atoms with Crippen molar-refractivity contribution in [3.63, 3.8) is 0 Å². The van der Waals surface area contributed by atoms with Gasteiger partial charge in [-0.3, -0.25) is 0 Å². The molecule has 19 heavy (non-hydrogen) atoms. The summed E-state index contributed by atoms with van der Waals surface area (Å²) in [6, 6.07) is 1.27. The zero-order valence-corrected chi connectivity index (χ0v) is 12.9. The van der Waals surface area contributed by atoms with Crippen molar-refractivity contribution in [3.8, 4) is 0 Å².